The molecule has 2 aliphatic rings. The Morgan fingerprint density at radius 2 is 2.00 bits per heavy atom. The lowest BCUT2D eigenvalue weighted by Crippen LogP contribution is -2.23. The SMILES string of the molecule is COC1=CN2CC(c3ccc(C)cc3)N=C2C=C1. The van der Waals surface area contributed by atoms with Crippen molar-refractivity contribution < 1.29 is 4.74 Å². The van der Waals surface area contributed by atoms with E-state index in [0.29, 0.717) is 0 Å². The molecule has 0 amide bonds. The topological polar surface area (TPSA) is 24.8 Å². The maximum atomic E-state index is 5.23. The van der Waals surface area contributed by atoms with Gasteiger partial charge in [-0.15, -0.1) is 0 Å². The quantitative estimate of drug-likeness (QED) is 0.794. The Morgan fingerprint density at radius 3 is 2.72 bits per heavy atom. The van der Waals surface area contributed by atoms with Crippen molar-refractivity contribution >= 4 is 5.84 Å². The number of hydrogen-bond acceptors (Lipinski definition) is 3. The molecule has 1 atom stereocenters. The molecule has 0 fully saturated rings. The van der Waals surface area contributed by atoms with Gasteiger partial charge in [0.2, 0.25) is 0 Å². The molecule has 1 unspecified atom stereocenters. The minimum Gasteiger partial charge on any atom is -0.495 e. The van der Waals surface area contributed by atoms with Crippen LogP contribution in [0.25, 0.3) is 0 Å². The number of aryl methyl sites for hydroxylation is 1. The molecule has 0 saturated heterocycles. The summed E-state index contributed by atoms with van der Waals surface area (Å²) in [4.78, 5) is 6.88. The van der Waals surface area contributed by atoms with Gasteiger partial charge in [0.25, 0.3) is 0 Å². The van der Waals surface area contributed by atoms with E-state index >= 15 is 0 Å². The summed E-state index contributed by atoms with van der Waals surface area (Å²) in [6, 6.07) is 8.82. The van der Waals surface area contributed by atoms with Crippen LogP contribution in [0, 0.1) is 6.92 Å². The van der Waals surface area contributed by atoms with Gasteiger partial charge in [-0.3, -0.25) is 4.99 Å². The molecule has 3 heteroatoms. The van der Waals surface area contributed by atoms with Gasteiger partial charge >= 0.3 is 0 Å². The second-order valence-electron chi connectivity index (χ2n) is 4.64. The Kier molecular flexibility index (Phi) is 2.67. The van der Waals surface area contributed by atoms with E-state index in [4.69, 9.17) is 9.73 Å². The fourth-order valence-corrected chi connectivity index (χ4v) is 2.25. The van der Waals surface area contributed by atoms with Crippen molar-refractivity contribution in [1.29, 1.82) is 0 Å². The van der Waals surface area contributed by atoms with Gasteiger partial charge in [0.1, 0.15) is 11.6 Å². The molecular formula is C15H16N2O. The summed E-state index contributed by atoms with van der Waals surface area (Å²) >= 11 is 0. The van der Waals surface area contributed by atoms with E-state index in [1.165, 1.54) is 11.1 Å². The lowest BCUT2D eigenvalue weighted by atomic mass is 10.1. The van der Waals surface area contributed by atoms with Crippen LogP contribution in [0.3, 0.4) is 0 Å². The Hall–Kier alpha value is -2.03. The molecular weight excluding hydrogens is 224 g/mol. The minimum atomic E-state index is 0.220. The normalized spacial score (nSPS) is 21.4. The second kappa shape index (κ2) is 4.33. The van der Waals surface area contributed by atoms with Crippen LogP contribution >= 0.6 is 0 Å². The van der Waals surface area contributed by atoms with E-state index in [1.54, 1.807) is 7.11 Å². The van der Waals surface area contributed by atoms with E-state index in [-0.39, 0.29) is 6.04 Å². The van der Waals surface area contributed by atoms with Gasteiger partial charge in [-0.1, -0.05) is 29.8 Å². The molecule has 0 aromatic heterocycles. The number of amidine groups is 1. The van der Waals surface area contributed by atoms with Gasteiger partial charge in [-0.05, 0) is 24.6 Å². The molecule has 0 radical (unpaired) electrons. The number of fused-ring (bicyclic) bond motifs is 1. The van der Waals surface area contributed by atoms with Crippen LogP contribution in [-0.2, 0) is 4.74 Å². The highest BCUT2D eigenvalue weighted by Crippen LogP contribution is 2.28. The summed E-state index contributed by atoms with van der Waals surface area (Å²) in [7, 11) is 1.69. The first-order chi connectivity index (χ1) is 8.76. The lowest BCUT2D eigenvalue weighted by molar-refractivity contribution is 0.297. The molecule has 0 aliphatic carbocycles. The summed E-state index contributed by atoms with van der Waals surface area (Å²) in [6.45, 7) is 2.99. The third-order valence-electron chi connectivity index (χ3n) is 3.33. The number of aliphatic imine (C=N–C) groups is 1. The smallest absolute Gasteiger partial charge is 0.135 e. The van der Waals surface area contributed by atoms with E-state index in [0.717, 1.165) is 18.1 Å². The fourth-order valence-electron chi connectivity index (χ4n) is 2.25. The monoisotopic (exact) mass is 240 g/mol. The molecule has 0 saturated carbocycles. The highest BCUT2D eigenvalue weighted by Gasteiger charge is 2.25. The molecule has 0 N–H and O–H groups in total. The molecule has 2 heterocycles. The summed E-state index contributed by atoms with van der Waals surface area (Å²) in [6.07, 6.45) is 5.97. The maximum Gasteiger partial charge on any atom is 0.135 e. The average molecular weight is 240 g/mol. The standard InChI is InChI=1S/C15H16N2O/c1-11-3-5-12(6-4-11)14-10-17-9-13(18-2)7-8-15(17)16-14/h3-9,14H,10H2,1-2H3. The van der Waals surface area contributed by atoms with Crippen molar-refractivity contribution in [3.05, 3.63) is 59.5 Å². The Bertz CT molecular complexity index is 540. The van der Waals surface area contributed by atoms with Crippen molar-refractivity contribution in [3.63, 3.8) is 0 Å². The number of allylic oxidation sites excluding steroid dienone is 1. The summed E-state index contributed by atoms with van der Waals surface area (Å²) < 4.78 is 5.23. The zero-order valence-corrected chi connectivity index (χ0v) is 10.6. The predicted octanol–water partition coefficient (Wildman–Crippen LogP) is 2.81. The zero-order chi connectivity index (χ0) is 12.5. The van der Waals surface area contributed by atoms with Crippen molar-refractivity contribution in [3.8, 4) is 0 Å². The predicted molar refractivity (Wildman–Crippen MR) is 72.3 cm³/mol. The summed E-state index contributed by atoms with van der Waals surface area (Å²) in [5, 5.41) is 0. The van der Waals surface area contributed by atoms with Crippen LogP contribution < -0.4 is 0 Å². The molecule has 3 rings (SSSR count). The van der Waals surface area contributed by atoms with Gasteiger partial charge in [-0.2, -0.15) is 0 Å². The van der Waals surface area contributed by atoms with E-state index < -0.39 is 0 Å². The van der Waals surface area contributed by atoms with Gasteiger partial charge in [0.05, 0.1) is 19.7 Å². The van der Waals surface area contributed by atoms with E-state index in [9.17, 15) is 0 Å². The third kappa shape index (κ3) is 1.92. The van der Waals surface area contributed by atoms with E-state index in [2.05, 4.69) is 36.1 Å². The number of ether oxygens (including phenoxy) is 1. The van der Waals surface area contributed by atoms with Crippen LogP contribution in [0.2, 0.25) is 0 Å². The molecule has 18 heavy (non-hydrogen) atoms. The number of hydrogen-bond donors (Lipinski definition) is 0. The van der Waals surface area contributed by atoms with Crippen LogP contribution in [0.1, 0.15) is 17.2 Å². The lowest BCUT2D eigenvalue weighted by Gasteiger charge is -2.18. The average Bonchev–Trinajstić information content (AvgIpc) is 2.82. The third-order valence-corrected chi connectivity index (χ3v) is 3.33. The summed E-state index contributed by atoms with van der Waals surface area (Å²) in [5.74, 6) is 1.89. The molecule has 0 bridgehead atoms. The van der Waals surface area contributed by atoms with Gasteiger partial charge in [-0.25, -0.2) is 0 Å². The second-order valence-corrected chi connectivity index (χ2v) is 4.64. The van der Waals surface area contributed by atoms with Gasteiger partial charge < -0.3 is 9.64 Å². The van der Waals surface area contributed by atoms with Crippen molar-refractivity contribution in [1.82, 2.24) is 4.90 Å². The van der Waals surface area contributed by atoms with Crippen molar-refractivity contribution in [2.45, 2.75) is 13.0 Å². The first-order valence-electron chi connectivity index (χ1n) is 6.11. The number of benzene rings is 1. The van der Waals surface area contributed by atoms with E-state index in [1.807, 2.05) is 18.4 Å². The highest BCUT2D eigenvalue weighted by molar-refractivity contribution is 5.96. The van der Waals surface area contributed by atoms with Crippen LogP contribution in [0.4, 0.5) is 0 Å². The first-order valence-corrected chi connectivity index (χ1v) is 6.11. The fraction of sp³-hybridized carbons (Fsp3) is 0.267. The molecule has 1 aromatic rings. The number of rotatable bonds is 2. The van der Waals surface area contributed by atoms with Crippen LogP contribution in [-0.4, -0.2) is 24.4 Å². The molecule has 2 aliphatic heterocycles. The summed E-state index contributed by atoms with van der Waals surface area (Å²) in [5.41, 5.74) is 2.55. The molecule has 0 spiro atoms. The highest BCUT2D eigenvalue weighted by atomic mass is 16.5. The van der Waals surface area contributed by atoms with Gasteiger partial charge in [0, 0.05) is 6.20 Å². The molecule has 1 aromatic carbocycles. The van der Waals surface area contributed by atoms with Crippen molar-refractivity contribution in [2.24, 2.45) is 4.99 Å². The first kappa shape index (κ1) is 11.1. The Balaban J connectivity index is 1.84. The largest absolute Gasteiger partial charge is 0.495 e. The Labute approximate surface area is 107 Å². The maximum absolute atomic E-state index is 5.23. The Morgan fingerprint density at radius 1 is 1.22 bits per heavy atom. The van der Waals surface area contributed by atoms with Crippen molar-refractivity contribution in [2.75, 3.05) is 13.7 Å². The van der Waals surface area contributed by atoms with Gasteiger partial charge in [0.15, 0.2) is 0 Å². The minimum absolute atomic E-state index is 0.220. The number of methoxy groups -OCH3 is 1. The molecule has 3 nitrogen and oxygen atoms in total. The van der Waals surface area contributed by atoms with Crippen LogP contribution in [0.15, 0.2) is 53.4 Å². The molecule has 92 valence electrons. The number of nitrogens with zero attached hydrogens (tertiary/aromatic N) is 2. The van der Waals surface area contributed by atoms with Crippen LogP contribution in [0.5, 0.6) is 0 Å². The zero-order valence-electron chi connectivity index (χ0n) is 10.6.